The SMILES string of the molecule is C=C1C[C@@]23CC[C@H]4[C@@](C)(CCC[C@@]4(C)C(=O)O[C@@H]4O[C@H](CO[C@@H]5O[C@H](CO)[C@@H](O)[C@H](O)[C@H]5O)[C@@H](O)[C@H](O)[C@H]4O)[C@@H]2CC[C@]1(O)C3. The summed E-state index contributed by atoms with van der Waals surface area (Å²) in [5, 5.41) is 83.0. The molecule has 6 aliphatic rings. The molecule has 13 heteroatoms. The average Bonchev–Trinajstić information content (AvgIpc) is 3.18. The summed E-state index contributed by atoms with van der Waals surface area (Å²) in [4.78, 5) is 14.1. The highest BCUT2D eigenvalue weighted by Crippen LogP contribution is 2.73. The minimum absolute atomic E-state index is 0.0107. The van der Waals surface area contributed by atoms with Gasteiger partial charge < -0.3 is 59.8 Å². The lowest BCUT2D eigenvalue weighted by Gasteiger charge is -2.63. The molecule has 4 saturated carbocycles. The molecule has 2 saturated heterocycles. The molecule has 2 bridgehead atoms. The van der Waals surface area contributed by atoms with Gasteiger partial charge in [-0.3, -0.25) is 4.79 Å². The maximum Gasteiger partial charge on any atom is 0.314 e. The Bertz CT molecular complexity index is 1150. The van der Waals surface area contributed by atoms with Crippen LogP contribution < -0.4 is 0 Å². The van der Waals surface area contributed by atoms with Crippen molar-refractivity contribution < 1.29 is 64.6 Å². The molecule has 0 amide bonds. The minimum atomic E-state index is -1.75. The van der Waals surface area contributed by atoms with Crippen LogP contribution in [0, 0.1) is 28.1 Å². The molecule has 45 heavy (non-hydrogen) atoms. The molecular weight excluding hydrogens is 592 g/mol. The normalized spacial score (nSPS) is 54.7. The Hall–Kier alpha value is -1.23. The molecule has 256 valence electrons. The van der Waals surface area contributed by atoms with E-state index in [1.165, 1.54) is 0 Å². The Kier molecular flexibility index (Phi) is 8.77. The number of aliphatic hydroxyl groups is 8. The second-order valence-corrected chi connectivity index (χ2v) is 15.3. The Morgan fingerprint density at radius 2 is 1.47 bits per heavy atom. The molecule has 0 radical (unpaired) electrons. The van der Waals surface area contributed by atoms with E-state index in [1.54, 1.807) is 0 Å². The lowest BCUT2D eigenvalue weighted by Crippen LogP contribution is -2.63. The van der Waals surface area contributed by atoms with Gasteiger partial charge in [-0.05, 0) is 86.5 Å². The Balaban J connectivity index is 1.15. The van der Waals surface area contributed by atoms with Gasteiger partial charge in [0.05, 0.1) is 24.2 Å². The zero-order valence-electron chi connectivity index (χ0n) is 26.0. The van der Waals surface area contributed by atoms with Crippen molar-refractivity contribution >= 4 is 5.97 Å². The van der Waals surface area contributed by atoms with Crippen LogP contribution in [0.25, 0.3) is 0 Å². The highest BCUT2D eigenvalue weighted by Gasteiger charge is 2.68. The number of hydrogen-bond acceptors (Lipinski definition) is 13. The van der Waals surface area contributed by atoms with Crippen molar-refractivity contribution in [1.29, 1.82) is 0 Å². The van der Waals surface area contributed by atoms with Gasteiger partial charge in [0.2, 0.25) is 6.29 Å². The van der Waals surface area contributed by atoms with E-state index in [-0.39, 0.29) is 16.7 Å². The summed E-state index contributed by atoms with van der Waals surface area (Å²) < 4.78 is 22.4. The van der Waals surface area contributed by atoms with Crippen LogP contribution in [0.1, 0.15) is 71.6 Å². The van der Waals surface area contributed by atoms with Crippen molar-refractivity contribution in [2.75, 3.05) is 13.2 Å². The van der Waals surface area contributed by atoms with Crippen LogP contribution in [-0.4, -0.2) is 127 Å². The largest absolute Gasteiger partial charge is 0.432 e. The fourth-order valence-corrected chi connectivity index (χ4v) is 10.4. The molecule has 16 atom stereocenters. The number of carbonyl (C=O) groups excluding carboxylic acids is 1. The number of ether oxygens (including phenoxy) is 4. The van der Waals surface area contributed by atoms with Crippen LogP contribution in [0.3, 0.4) is 0 Å². The molecule has 4 aliphatic carbocycles. The van der Waals surface area contributed by atoms with Crippen molar-refractivity contribution in [2.45, 2.75) is 139 Å². The van der Waals surface area contributed by atoms with Crippen molar-refractivity contribution in [3.05, 3.63) is 12.2 Å². The molecule has 6 rings (SSSR count). The first-order valence-corrected chi connectivity index (χ1v) is 16.3. The molecule has 0 unspecified atom stereocenters. The topological polar surface area (TPSA) is 216 Å². The van der Waals surface area contributed by atoms with Gasteiger partial charge in [-0.25, -0.2) is 0 Å². The van der Waals surface area contributed by atoms with Crippen LogP contribution in [0.5, 0.6) is 0 Å². The Morgan fingerprint density at radius 1 is 0.844 bits per heavy atom. The highest BCUT2D eigenvalue weighted by molar-refractivity contribution is 5.77. The van der Waals surface area contributed by atoms with Crippen molar-refractivity contribution in [2.24, 2.45) is 28.1 Å². The summed E-state index contributed by atoms with van der Waals surface area (Å²) in [5.74, 6) is -0.240. The summed E-state index contributed by atoms with van der Waals surface area (Å²) in [6.45, 7) is 7.23. The van der Waals surface area contributed by atoms with E-state index < -0.39 is 91.6 Å². The first-order chi connectivity index (χ1) is 21.1. The first kappa shape index (κ1) is 33.7. The predicted octanol–water partition coefficient (Wildman–Crippen LogP) is -0.762. The van der Waals surface area contributed by atoms with Gasteiger partial charge in [0.25, 0.3) is 0 Å². The third-order valence-electron chi connectivity index (χ3n) is 12.8. The summed E-state index contributed by atoms with van der Waals surface area (Å²) >= 11 is 0. The van der Waals surface area contributed by atoms with Gasteiger partial charge in [0.1, 0.15) is 48.8 Å². The molecule has 8 N–H and O–H groups in total. The third-order valence-corrected chi connectivity index (χ3v) is 12.8. The quantitative estimate of drug-likeness (QED) is 0.132. The van der Waals surface area contributed by atoms with Crippen LogP contribution in [-0.2, 0) is 23.7 Å². The highest BCUT2D eigenvalue weighted by atomic mass is 16.7. The molecule has 0 aromatic rings. The van der Waals surface area contributed by atoms with Crippen molar-refractivity contribution in [3.63, 3.8) is 0 Å². The van der Waals surface area contributed by atoms with Gasteiger partial charge in [-0.1, -0.05) is 19.9 Å². The van der Waals surface area contributed by atoms with Crippen molar-refractivity contribution in [3.8, 4) is 0 Å². The second kappa shape index (κ2) is 11.7. The number of fused-ring (bicyclic) bond motifs is 3. The van der Waals surface area contributed by atoms with E-state index in [0.717, 1.165) is 50.5 Å². The van der Waals surface area contributed by atoms with E-state index >= 15 is 0 Å². The number of rotatable bonds is 6. The molecule has 2 heterocycles. The van der Waals surface area contributed by atoms with Gasteiger partial charge >= 0.3 is 5.97 Å². The summed E-state index contributed by atoms with van der Waals surface area (Å²) in [5.41, 5.74) is -0.947. The van der Waals surface area contributed by atoms with E-state index in [4.69, 9.17) is 18.9 Å². The Morgan fingerprint density at radius 3 is 2.16 bits per heavy atom. The van der Waals surface area contributed by atoms with Gasteiger partial charge in [0.15, 0.2) is 6.29 Å². The molecule has 13 nitrogen and oxygen atoms in total. The zero-order chi connectivity index (χ0) is 32.7. The summed E-state index contributed by atoms with van der Waals surface area (Å²) in [6, 6.07) is 0. The maximum absolute atomic E-state index is 14.1. The fourth-order valence-electron chi connectivity index (χ4n) is 10.4. The third kappa shape index (κ3) is 5.21. The smallest absolute Gasteiger partial charge is 0.314 e. The zero-order valence-corrected chi connectivity index (χ0v) is 26.0. The van der Waals surface area contributed by atoms with Crippen LogP contribution in [0.4, 0.5) is 0 Å². The van der Waals surface area contributed by atoms with Crippen LogP contribution >= 0.6 is 0 Å². The molecule has 2 aliphatic heterocycles. The lowest BCUT2D eigenvalue weighted by molar-refractivity contribution is -0.328. The number of aliphatic hydroxyl groups excluding tert-OH is 7. The molecular formula is C32H50O13. The Labute approximate surface area is 262 Å². The molecule has 0 aromatic heterocycles. The minimum Gasteiger partial charge on any atom is -0.432 e. The van der Waals surface area contributed by atoms with Gasteiger partial charge in [-0.2, -0.15) is 0 Å². The van der Waals surface area contributed by atoms with Crippen LogP contribution in [0.2, 0.25) is 0 Å². The number of esters is 1. The van der Waals surface area contributed by atoms with E-state index in [9.17, 15) is 45.6 Å². The fraction of sp³-hybridized carbons (Fsp3) is 0.906. The second-order valence-electron chi connectivity index (χ2n) is 15.3. The molecule has 0 aromatic carbocycles. The summed E-state index contributed by atoms with van der Waals surface area (Å²) in [6.07, 6.45) is -8.69. The van der Waals surface area contributed by atoms with Gasteiger partial charge in [-0.15, -0.1) is 0 Å². The predicted molar refractivity (Wildman–Crippen MR) is 154 cm³/mol. The summed E-state index contributed by atoms with van der Waals surface area (Å²) in [7, 11) is 0. The number of hydrogen-bond donors (Lipinski definition) is 8. The van der Waals surface area contributed by atoms with E-state index in [1.807, 2.05) is 6.92 Å². The van der Waals surface area contributed by atoms with Gasteiger partial charge in [0, 0.05) is 0 Å². The monoisotopic (exact) mass is 642 g/mol. The lowest BCUT2D eigenvalue weighted by atomic mass is 9.41. The maximum atomic E-state index is 14.1. The average molecular weight is 643 g/mol. The number of carbonyl (C=O) groups is 1. The van der Waals surface area contributed by atoms with Crippen LogP contribution in [0.15, 0.2) is 12.2 Å². The van der Waals surface area contributed by atoms with Crippen molar-refractivity contribution in [1.82, 2.24) is 0 Å². The van der Waals surface area contributed by atoms with E-state index in [2.05, 4.69) is 13.5 Å². The van der Waals surface area contributed by atoms with E-state index in [0.29, 0.717) is 18.8 Å². The molecule has 6 fully saturated rings. The molecule has 1 spiro atoms. The standard InChI is InChI=1S/C32H50O13/c1-15-11-31-9-5-18-29(2,19(31)6-10-32(15,41)14-31)7-4-8-30(18,3)28(40)45-27-25(39)23(37)21(35)17(44-27)13-42-26-24(38)22(36)20(34)16(12-33)43-26/h16-27,33-39,41H,1,4-14H2,2-3H3/t16-,17-,18+,19+,20-,21-,22+,23+,24-,25-,26-,27+,29-,30-,31-,32+/m1/s1. The first-order valence-electron chi connectivity index (χ1n) is 16.3.